The maximum absolute atomic E-state index is 13.9. The second-order valence-electron chi connectivity index (χ2n) is 4.59. The molecule has 0 amide bonds. The highest BCUT2D eigenvalue weighted by molar-refractivity contribution is 6.31. The van der Waals surface area contributed by atoms with E-state index in [4.69, 9.17) is 27.9 Å². The summed E-state index contributed by atoms with van der Waals surface area (Å²) in [6.07, 6.45) is 0.734. The van der Waals surface area contributed by atoms with Crippen molar-refractivity contribution in [3.8, 4) is 5.75 Å². The maximum Gasteiger partial charge on any atom is 0.163 e. The molecule has 0 fully saturated rings. The SMILES string of the molecule is Fc1cccc(C(Cl)c2cc(Cl)cc3c2OCC3)c1F. The molecule has 0 spiro atoms. The summed E-state index contributed by atoms with van der Waals surface area (Å²) in [5, 5.41) is -0.344. The third kappa shape index (κ3) is 2.25. The molecule has 0 saturated carbocycles. The van der Waals surface area contributed by atoms with Crippen molar-refractivity contribution in [2.24, 2.45) is 0 Å². The first-order valence-electron chi connectivity index (χ1n) is 6.11. The number of fused-ring (bicyclic) bond motifs is 1. The van der Waals surface area contributed by atoms with E-state index in [1.807, 2.05) is 0 Å². The molecule has 1 nitrogen and oxygen atoms in total. The lowest BCUT2D eigenvalue weighted by atomic mass is 10.00. The second-order valence-corrected chi connectivity index (χ2v) is 5.46. The molecule has 1 aliphatic heterocycles. The first-order valence-corrected chi connectivity index (χ1v) is 6.92. The lowest BCUT2D eigenvalue weighted by Gasteiger charge is -2.15. The van der Waals surface area contributed by atoms with E-state index < -0.39 is 17.0 Å². The Morgan fingerprint density at radius 1 is 1.15 bits per heavy atom. The molecule has 1 aliphatic rings. The van der Waals surface area contributed by atoms with Gasteiger partial charge in [0.05, 0.1) is 12.0 Å². The average molecular weight is 315 g/mol. The molecule has 3 rings (SSSR count). The maximum atomic E-state index is 13.9. The van der Waals surface area contributed by atoms with Gasteiger partial charge in [-0.3, -0.25) is 0 Å². The first-order chi connectivity index (χ1) is 9.58. The minimum absolute atomic E-state index is 0.0756. The predicted molar refractivity (Wildman–Crippen MR) is 74.7 cm³/mol. The summed E-state index contributed by atoms with van der Waals surface area (Å²) < 4.78 is 32.7. The number of alkyl halides is 1. The number of benzene rings is 2. The number of hydrogen-bond acceptors (Lipinski definition) is 1. The topological polar surface area (TPSA) is 9.23 Å². The molecule has 0 aromatic heterocycles. The largest absolute Gasteiger partial charge is 0.493 e. The molecule has 104 valence electrons. The van der Waals surface area contributed by atoms with Gasteiger partial charge in [0.15, 0.2) is 11.6 Å². The van der Waals surface area contributed by atoms with Crippen molar-refractivity contribution in [1.29, 1.82) is 0 Å². The molecule has 20 heavy (non-hydrogen) atoms. The van der Waals surface area contributed by atoms with Gasteiger partial charge in [-0.25, -0.2) is 8.78 Å². The molecule has 0 aliphatic carbocycles. The van der Waals surface area contributed by atoms with Crippen molar-refractivity contribution in [3.05, 3.63) is 63.7 Å². The van der Waals surface area contributed by atoms with Crippen LogP contribution in [0, 0.1) is 11.6 Å². The molecule has 1 atom stereocenters. The Morgan fingerprint density at radius 2 is 1.95 bits per heavy atom. The van der Waals surface area contributed by atoms with E-state index in [1.165, 1.54) is 12.1 Å². The third-order valence-corrected chi connectivity index (χ3v) is 3.99. The zero-order valence-electron chi connectivity index (χ0n) is 10.3. The molecule has 2 aromatic rings. The van der Waals surface area contributed by atoms with E-state index in [9.17, 15) is 8.78 Å². The summed E-state index contributed by atoms with van der Waals surface area (Å²) in [5.41, 5.74) is 1.58. The number of rotatable bonds is 2. The van der Waals surface area contributed by atoms with Gasteiger partial charge in [0.1, 0.15) is 5.75 Å². The smallest absolute Gasteiger partial charge is 0.163 e. The molecule has 5 heteroatoms. The first kappa shape index (κ1) is 13.7. The monoisotopic (exact) mass is 314 g/mol. The van der Waals surface area contributed by atoms with Gasteiger partial charge in [-0.2, -0.15) is 0 Å². The fraction of sp³-hybridized carbons (Fsp3) is 0.200. The summed E-state index contributed by atoms with van der Waals surface area (Å²) in [5.74, 6) is -1.25. The molecule has 2 aromatic carbocycles. The van der Waals surface area contributed by atoms with Crippen molar-refractivity contribution >= 4 is 23.2 Å². The third-order valence-electron chi connectivity index (χ3n) is 3.30. The quantitative estimate of drug-likeness (QED) is 0.718. The van der Waals surface area contributed by atoms with Gasteiger partial charge in [-0.1, -0.05) is 23.7 Å². The van der Waals surface area contributed by atoms with Crippen molar-refractivity contribution in [1.82, 2.24) is 0 Å². The van der Waals surface area contributed by atoms with Crippen molar-refractivity contribution in [2.45, 2.75) is 11.8 Å². The van der Waals surface area contributed by atoms with Gasteiger partial charge in [0, 0.05) is 22.6 Å². The Kier molecular flexibility index (Phi) is 3.57. The number of ether oxygens (including phenoxy) is 1. The average Bonchev–Trinajstić information content (AvgIpc) is 2.88. The predicted octanol–water partition coefficient (Wildman–Crippen LogP) is 4.88. The molecular weight excluding hydrogens is 305 g/mol. The van der Waals surface area contributed by atoms with Gasteiger partial charge in [-0.05, 0) is 23.8 Å². The van der Waals surface area contributed by atoms with Crippen LogP contribution in [0.2, 0.25) is 5.02 Å². The van der Waals surface area contributed by atoms with E-state index >= 15 is 0 Å². The fourth-order valence-electron chi connectivity index (χ4n) is 2.37. The Hall–Kier alpha value is -1.32. The second kappa shape index (κ2) is 5.23. The highest BCUT2D eigenvalue weighted by Gasteiger charge is 2.25. The van der Waals surface area contributed by atoms with Gasteiger partial charge < -0.3 is 4.74 Å². The molecule has 0 saturated heterocycles. The Morgan fingerprint density at radius 3 is 2.75 bits per heavy atom. The molecule has 1 heterocycles. The minimum atomic E-state index is -0.945. The molecule has 0 bridgehead atoms. The lowest BCUT2D eigenvalue weighted by Crippen LogP contribution is -2.01. The summed E-state index contributed by atoms with van der Waals surface area (Å²) >= 11 is 12.4. The van der Waals surface area contributed by atoms with Gasteiger partial charge in [-0.15, -0.1) is 11.6 Å². The van der Waals surface area contributed by atoms with Crippen LogP contribution in [0.3, 0.4) is 0 Å². The summed E-state index contributed by atoms with van der Waals surface area (Å²) in [6, 6.07) is 7.38. The van der Waals surface area contributed by atoms with Crippen molar-refractivity contribution in [3.63, 3.8) is 0 Å². The summed E-state index contributed by atoms with van der Waals surface area (Å²) in [7, 11) is 0. The van der Waals surface area contributed by atoms with Crippen molar-refractivity contribution in [2.75, 3.05) is 6.61 Å². The minimum Gasteiger partial charge on any atom is -0.493 e. The van der Waals surface area contributed by atoms with Crippen LogP contribution in [-0.4, -0.2) is 6.61 Å². The molecule has 0 radical (unpaired) electrons. The van der Waals surface area contributed by atoms with Crippen LogP contribution in [0.25, 0.3) is 0 Å². The highest BCUT2D eigenvalue weighted by Crippen LogP contribution is 2.42. The van der Waals surface area contributed by atoms with Gasteiger partial charge in [0.2, 0.25) is 0 Å². The zero-order chi connectivity index (χ0) is 14.3. The summed E-state index contributed by atoms with van der Waals surface area (Å²) in [6.45, 7) is 0.540. The van der Waals surface area contributed by atoms with Crippen LogP contribution in [0.4, 0.5) is 8.78 Å². The van der Waals surface area contributed by atoms with Crippen molar-refractivity contribution < 1.29 is 13.5 Å². The Balaban J connectivity index is 2.11. The zero-order valence-corrected chi connectivity index (χ0v) is 11.8. The van der Waals surface area contributed by atoms with Crippen LogP contribution in [0.1, 0.15) is 22.1 Å². The highest BCUT2D eigenvalue weighted by atomic mass is 35.5. The Labute approximate surface area is 125 Å². The van der Waals surface area contributed by atoms with Gasteiger partial charge in [0.25, 0.3) is 0 Å². The van der Waals surface area contributed by atoms with E-state index in [0.29, 0.717) is 22.9 Å². The van der Waals surface area contributed by atoms with E-state index in [1.54, 1.807) is 12.1 Å². The number of hydrogen-bond donors (Lipinski definition) is 0. The standard InChI is InChI=1S/C15H10Cl2F2O/c16-9-6-8-4-5-20-15(8)11(7-9)13(17)10-2-1-3-12(18)14(10)19/h1-3,6-7,13H,4-5H2. The summed E-state index contributed by atoms with van der Waals surface area (Å²) in [4.78, 5) is 0. The molecule has 0 N–H and O–H groups in total. The van der Waals surface area contributed by atoms with Crippen LogP contribution in [0.5, 0.6) is 5.75 Å². The van der Waals surface area contributed by atoms with E-state index in [2.05, 4.69) is 0 Å². The lowest BCUT2D eigenvalue weighted by molar-refractivity contribution is 0.353. The van der Waals surface area contributed by atoms with Crippen LogP contribution >= 0.6 is 23.2 Å². The van der Waals surface area contributed by atoms with Crippen LogP contribution in [0.15, 0.2) is 30.3 Å². The molecular formula is C15H10Cl2F2O. The Bertz CT molecular complexity index is 673. The van der Waals surface area contributed by atoms with Crippen LogP contribution in [-0.2, 0) is 6.42 Å². The van der Waals surface area contributed by atoms with E-state index in [0.717, 1.165) is 18.1 Å². The normalized spacial score (nSPS) is 14.8. The van der Waals surface area contributed by atoms with E-state index in [-0.39, 0.29) is 5.56 Å². The van der Waals surface area contributed by atoms with Gasteiger partial charge >= 0.3 is 0 Å². The fourth-order valence-corrected chi connectivity index (χ4v) is 2.95. The number of halogens is 4. The van der Waals surface area contributed by atoms with Crippen LogP contribution < -0.4 is 4.74 Å². The molecule has 1 unspecified atom stereocenters.